The molecule has 2 atom stereocenters. The lowest BCUT2D eigenvalue weighted by Crippen LogP contribution is -2.18. The molecule has 1 aromatic carbocycles. The molecule has 0 aromatic heterocycles. The molecule has 0 aliphatic heterocycles. The molecule has 2 N–H and O–H groups in total. The third-order valence-electron chi connectivity index (χ3n) is 3.32. The van der Waals surface area contributed by atoms with Crippen LogP contribution in [0.3, 0.4) is 0 Å². The molecule has 102 valence electrons. The molecule has 1 aromatic rings. The van der Waals surface area contributed by atoms with Crippen LogP contribution in [-0.4, -0.2) is 20.3 Å². The molecule has 0 saturated heterocycles. The van der Waals surface area contributed by atoms with Gasteiger partial charge in [-0.05, 0) is 43.4 Å². The molecule has 0 aliphatic carbocycles. The van der Waals surface area contributed by atoms with Crippen LogP contribution in [0.2, 0.25) is 0 Å². The van der Waals surface area contributed by atoms with Crippen LogP contribution in [0.5, 0.6) is 11.5 Å². The van der Waals surface area contributed by atoms with Crippen LogP contribution in [-0.2, 0) is 6.42 Å². The first-order valence-corrected chi connectivity index (χ1v) is 6.53. The van der Waals surface area contributed by atoms with Crippen LogP contribution in [0.15, 0.2) is 12.1 Å². The molecule has 1 unspecified atom stereocenters. The second-order valence-corrected chi connectivity index (χ2v) is 4.90. The average Bonchev–Trinajstić information content (AvgIpc) is 2.36. The van der Waals surface area contributed by atoms with E-state index in [4.69, 9.17) is 15.2 Å². The quantitative estimate of drug-likeness (QED) is 0.845. The summed E-state index contributed by atoms with van der Waals surface area (Å²) in [6, 6.07) is 4.26. The Kier molecular flexibility index (Phi) is 5.48. The van der Waals surface area contributed by atoms with E-state index in [9.17, 15) is 0 Å². The SMILES string of the molecule is CC[C@H](C)c1cc(OC)c(CC(C)N)cc1OC. The molecule has 1 rings (SSSR count). The zero-order valence-electron chi connectivity index (χ0n) is 12.1. The van der Waals surface area contributed by atoms with E-state index in [1.165, 1.54) is 5.56 Å². The fourth-order valence-corrected chi connectivity index (χ4v) is 2.10. The normalized spacial score (nSPS) is 14.1. The van der Waals surface area contributed by atoms with Gasteiger partial charge in [-0.1, -0.05) is 13.8 Å². The van der Waals surface area contributed by atoms with Gasteiger partial charge in [0, 0.05) is 11.6 Å². The van der Waals surface area contributed by atoms with Crippen LogP contribution in [0, 0.1) is 0 Å². The van der Waals surface area contributed by atoms with Crippen molar-refractivity contribution in [1.82, 2.24) is 0 Å². The van der Waals surface area contributed by atoms with Gasteiger partial charge in [-0.2, -0.15) is 0 Å². The molecule has 0 radical (unpaired) electrons. The topological polar surface area (TPSA) is 44.5 Å². The predicted molar refractivity (Wildman–Crippen MR) is 75.6 cm³/mol. The fourth-order valence-electron chi connectivity index (χ4n) is 2.10. The van der Waals surface area contributed by atoms with Gasteiger partial charge in [0.2, 0.25) is 0 Å². The zero-order valence-corrected chi connectivity index (χ0v) is 12.1. The molecule has 3 heteroatoms. The lowest BCUT2D eigenvalue weighted by atomic mass is 9.94. The Morgan fingerprint density at radius 1 is 1.11 bits per heavy atom. The largest absolute Gasteiger partial charge is 0.496 e. The summed E-state index contributed by atoms with van der Waals surface area (Å²) in [6.45, 7) is 6.36. The number of rotatable bonds is 6. The van der Waals surface area contributed by atoms with Crippen LogP contribution in [0.1, 0.15) is 44.2 Å². The summed E-state index contributed by atoms with van der Waals surface area (Å²) in [5.41, 5.74) is 8.17. The molecule has 0 saturated carbocycles. The van der Waals surface area contributed by atoms with Gasteiger partial charge < -0.3 is 15.2 Å². The van der Waals surface area contributed by atoms with Crippen molar-refractivity contribution >= 4 is 0 Å². The fraction of sp³-hybridized carbons (Fsp3) is 0.600. The maximum atomic E-state index is 5.87. The van der Waals surface area contributed by atoms with Gasteiger partial charge in [0.15, 0.2) is 0 Å². The minimum absolute atomic E-state index is 0.109. The van der Waals surface area contributed by atoms with Gasteiger partial charge in [-0.25, -0.2) is 0 Å². The number of methoxy groups -OCH3 is 2. The van der Waals surface area contributed by atoms with E-state index in [-0.39, 0.29) is 6.04 Å². The maximum Gasteiger partial charge on any atom is 0.122 e. The monoisotopic (exact) mass is 251 g/mol. The van der Waals surface area contributed by atoms with E-state index in [2.05, 4.69) is 26.0 Å². The Morgan fingerprint density at radius 3 is 2.17 bits per heavy atom. The molecule has 0 amide bonds. The Morgan fingerprint density at radius 2 is 1.72 bits per heavy atom. The summed E-state index contributed by atoms with van der Waals surface area (Å²) < 4.78 is 11.0. The van der Waals surface area contributed by atoms with Crippen molar-refractivity contribution in [2.75, 3.05) is 14.2 Å². The molecule has 0 bridgehead atoms. The number of hydrogen-bond donors (Lipinski definition) is 1. The van der Waals surface area contributed by atoms with E-state index in [0.29, 0.717) is 5.92 Å². The molecule has 18 heavy (non-hydrogen) atoms. The van der Waals surface area contributed by atoms with E-state index in [1.54, 1.807) is 14.2 Å². The van der Waals surface area contributed by atoms with E-state index in [1.807, 2.05) is 6.92 Å². The zero-order chi connectivity index (χ0) is 13.7. The highest BCUT2D eigenvalue weighted by molar-refractivity contribution is 5.48. The van der Waals surface area contributed by atoms with Crippen molar-refractivity contribution in [3.8, 4) is 11.5 Å². The lowest BCUT2D eigenvalue weighted by Gasteiger charge is -2.19. The van der Waals surface area contributed by atoms with Gasteiger partial charge >= 0.3 is 0 Å². The van der Waals surface area contributed by atoms with Gasteiger partial charge in [0.25, 0.3) is 0 Å². The first kappa shape index (κ1) is 14.8. The highest BCUT2D eigenvalue weighted by atomic mass is 16.5. The first-order valence-electron chi connectivity index (χ1n) is 6.53. The summed E-state index contributed by atoms with van der Waals surface area (Å²) in [6.07, 6.45) is 1.87. The van der Waals surface area contributed by atoms with Gasteiger partial charge in [-0.15, -0.1) is 0 Å². The number of ether oxygens (including phenoxy) is 2. The third kappa shape index (κ3) is 3.39. The molecule has 0 spiro atoms. The molecule has 0 fully saturated rings. The average molecular weight is 251 g/mol. The Hall–Kier alpha value is -1.22. The van der Waals surface area contributed by atoms with Gasteiger partial charge in [0.1, 0.15) is 11.5 Å². The minimum Gasteiger partial charge on any atom is -0.496 e. The summed E-state index contributed by atoms with van der Waals surface area (Å²) in [4.78, 5) is 0. The summed E-state index contributed by atoms with van der Waals surface area (Å²) in [5, 5.41) is 0. The highest BCUT2D eigenvalue weighted by Crippen LogP contribution is 2.35. The van der Waals surface area contributed by atoms with Crippen LogP contribution < -0.4 is 15.2 Å². The standard InChI is InChI=1S/C15H25NO2/c1-6-10(2)13-9-14(17-4)12(7-11(3)16)8-15(13)18-5/h8-11H,6-7,16H2,1-5H3/t10-,11?/m0/s1. The smallest absolute Gasteiger partial charge is 0.122 e. The molecule has 3 nitrogen and oxygen atoms in total. The number of nitrogens with two attached hydrogens (primary N) is 1. The minimum atomic E-state index is 0.109. The van der Waals surface area contributed by atoms with Crippen molar-refractivity contribution in [1.29, 1.82) is 0 Å². The highest BCUT2D eigenvalue weighted by Gasteiger charge is 2.15. The van der Waals surface area contributed by atoms with Gasteiger partial charge in [0.05, 0.1) is 14.2 Å². The van der Waals surface area contributed by atoms with Crippen LogP contribution >= 0.6 is 0 Å². The van der Waals surface area contributed by atoms with Crippen LogP contribution in [0.4, 0.5) is 0 Å². The third-order valence-corrected chi connectivity index (χ3v) is 3.32. The maximum absolute atomic E-state index is 5.87. The molecule has 0 heterocycles. The summed E-state index contributed by atoms with van der Waals surface area (Å²) >= 11 is 0. The van der Waals surface area contributed by atoms with E-state index < -0.39 is 0 Å². The number of benzene rings is 1. The van der Waals surface area contributed by atoms with Gasteiger partial charge in [-0.3, -0.25) is 0 Å². The van der Waals surface area contributed by atoms with Crippen molar-refractivity contribution in [2.24, 2.45) is 5.73 Å². The predicted octanol–water partition coefficient (Wildman–Crippen LogP) is 3.11. The molecular formula is C15H25NO2. The summed E-state index contributed by atoms with van der Waals surface area (Å²) in [7, 11) is 3.41. The summed E-state index contributed by atoms with van der Waals surface area (Å²) in [5.74, 6) is 2.29. The van der Waals surface area contributed by atoms with Crippen LogP contribution in [0.25, 0.3) is 0 Å². The Bertz CT molecular complexity index is 388. The Labute approximate surface area is 110 Å². The Balaban J connectivity index is 3.23. The van der Waals surface area contributed by atoms with Crippen molar-refractivity contribution < 1.29 is 9.47 Å². The van der Waals surface area contributed by atoms with Crippen molar-refractivity contribution in [3.63, 3.8) is 0 Å². The van der Waals surface area contributed by atoms with E-state index in [0.717, 1.165) is 29.9 Å². The van der Waals surface area contributed by atoms with Crippen molar-refractivity contribution in [3.05, 3.63) is 23.3 Å². The van der Waals surface area contributed by atoms with Crippen molar-refractivity contribution in [2.45, 2.75) is 45.6 Å². The second-order valence-electron chi connectivity index (χ2n) is 4.90. The lowest BCUT2D eigenvalue weighted by molar-refractivity contribution is 0.391. The van der Waals surface area contributed by atoms with E-state index >= 15 is 0 Å². The molecule has 0 aliphatic rings. The second kappa shape index (κ2) is 6.64. The first-order chi connectivity index (χ1) is 8.53. The molecular weight excluding hydrogens is 226 g/mol. The number of hydrogen-bond acceptors (Lipinski definition) is 3.